The van der Waals surface area contributed by atoms with Crippen molar-refractivity contribution in [3.8, 4) is 0 Å². The van der Waals surface area contributed by atoms with Gasteiger partial charge in [-0.25, -0.2) is 0 Å². The monoisotopic (exact) mass is 174 g/mol. The van der Waals surface area contributed by atoms with E-state index < -0.39 is 0 Å². The highest BCUT2D eigenvalue weighted by molar-refractivity contribution is 5.65. The van der Waals surface area contributed by atoms with Crippen LogP contribution in [-0.4, -0.2) is 18.9 Å². The molecule has 0 saturated heterocycles. The lowest BCUT2D eigenvalue weighted by Crippen LogP contribution is -1.95. The summed E-state index contributed by atoms with van der Waals surface area (Å²) in [5.74, 6) is 0.319. The highest BCUT2D eigenvalue weighted by atomic mass is 16.5. The molecule has 0 bridgehead atoms. The Morgan fingerprint density at radius 1 is 1.50 bits per heavy atom. The number of carbonyl (C=O) groups is 2. The summed E-state index contributed by atoms with van der Waals surface area (Å²) in [6.45, 7) is 7.70. The molecule has 12 heavy (non-hydrogen) atoms. The van der Waals surface area contributed by atoms with Crippen molar-refractivity contribution in [1.82, 2.24) is 0 Å². The van der Waals surface area contributed by atoms with Crippen molar-refractivity contribution in [3.05, 3.63) is 0 Å². The van der Waals surface area contributed by atoms with Gasteiger partial charge >= 0.3 is 5.97 Å². The molecule has 0 aliphatic heterocycles. The molecule has 0 aliphatic rings. The maximum absolute atomic E-state index is 9.82. The van der Waals surface area contributed by atoms with Gasteiger partial charge < -0.3 is 9.53 Å². The quantitative estimate of drug-likeness (QED) is 0.484. The molecule has 0 aromatic carbocycles. The van der Waals surface area contributed by atoms with Crippen LogP contribution in [0.3, 0.4) is 0 Å². The minimum atomic E-state index is -0.211. The third-order valence-corrected chi connectivity index (χ3v) is 0.915. The molecule has 0 aliphatic carbocycles. The van der Waals surface area contributed by atoms with Crippen molar-refractivity contribution in [3.63, 3.8) is 0 Å². The Morgan fingerprint density at radius 3 is 2.00 bits per heavy atom. The molecule has 0 fully saturated rings. The summed E-state index contributed by atoms with van der Waals surface area (Å²) in [6.07, 6.45) is 1.64. The Bertz CT molecular complexity index is 119. The van der Waals surface area contributed by atoms with E-state index in [0.29, 0.717) is 18.9 Å². The molecule has 0 saturated carbocycles. The fourth-order valence-corrected chi connectivity index (χ4v) is 0.396. The standard InChI is InChI=1S/C5H10O.C4H8O2/c1-5(2)3-4-6;1-3-6-4(2)5/h4-5H,3H2,1-2H3;3H2,1-2H3. The zero-order valence-corrected chi connectivity index (χ0v) is 8.29. The van der Waals surface area contributed by atoms with Gasteiger partial charge in [0.1, 0.15) is 6.29 Å². The van der Waals surface area contributed by atoms with E-state index in [2.05, 4.69) is 4.74 Å². The van der Waals surface area contributed by atoms with Gasteiger partial charge in [-0.2, -0.15) is 0 Å². The predicted molar refractivity (Wildman–Crippen MR) is 47.8 cm³/mol. The van der Waals surface area contributed by atoms with Crippen LogP contribution in [0, 0.1) is 5.92 Å². The first kappa shape index (κ1) is 13.7. The highest BCUT2D eigenvalue weighted by Gasteiger charge is 1.85. The first-order valence-electron chi connectivity index (χ1n) is 4.11. The van der Waals surface area contributed by atoms with Crippen molar-refractivity contribution >= 4 is 12.3 Å². The third-order valence-electron chi connectivity index (χ3n) is 0.915. The number of carbonyl (C=O) groups excluding carboxylic acids is 2. The zero-order chi connectivity index (χ0) is 9.98. The van der Waals surface area contributed by atoms with Crippen LogP contribution in [0.1, 0.15) is 34.1 Å². The van der Waals surface area contributed by atoms with Gasteiger partial charge in [0.2, 0.25) is 0 Å². The van der Waals surface area contributed by atoms with E-state index in [4.69, 9.17) is 0 Å². The van der Waals surface area contributed by atoms with Crippen molar-refractivity contribution < 1.29 is 14.3 Å². The van der Waals surface area contributed by atoms with Gasteiger partial charge in [0.15, 0.2) is 0 Å². The first-order chi connectivity index (χ1) is 5.54. The van der Waals surface area contributed by atoms with E-state index in [1.165, 1.54) is 6.92 Å². The molecule has 0 amide bonds. The van der Waals surface area contributed by atoms with Crippen LogP contribution < -0.4 is 0 Å². The van der Waals surface area contributed by atoms with Crippen molar-refractivity contribution in [2.75, 3.05) is 6.61 Å². The SMILES string of the molecule is CC(C)CC=O.CCOC(C)=O. The number of aldehydes is 1. The zero-order valence-electron chi connectivity index (χ0n) is 8.29. The molecule has 0 heterocycles. The summed E-state index contributed by atoms with van der Waals surface area (Å²) in [4.78, 5) is 19.4. The van der Waals surface area contributed by atoms with Gasteiger partial charge in [0.25, 0.3) is 0 Å². The van der Waals surface area contributed by atoms with E-state index in [-0.39, 0.29) is 5.97 Å². The molecular weight excluding hydrogens is 156 g/mol. The Kier molecular flexibility index (Phi) is 11.6. The van der Waals surface area contributed by atoms with Gasteiger partial charge in [-0.05, 0) is 12.8 Å². The smallest absolute Gasteiger partial charge is 0.302 e. The Morgan fingerprint density at radius 2 is 2.00 bits per heavy atom. The van der Waals surface area contributed by atoms with Gasteiger partial charge in [-0.15, -0.1) is 0 Å². The number of hydrogen-bond donors (Lipinski definition) is 0. The fraction of sp³-hybridized carbons (Fsp3) is 0.778. The lowest BCUT2D eigenvalue weighted by atomic mass is 10.2. The number of ether oxygens (including phenoxy) is 1. The van der Waals surface area contributed by atoms with Gasteiger partial charge in [-0.3, -0.25) is 4.79 Å². The molecule has 0 N–H and O–H groups in total. The van der Waals surface area contributed by atoms with E-state index in [1.54, 1.807) is 6.92 Å². The van der Waals surface area contributed by atoms with Gasteiger partial charge in [0.05, 0.1) is 6.61 Å². The first-order valence-corrected chi connectivity index (χ1v) is 4.11. The minimum Gasteiger partial charge on any atom is -0.466 e. The second-order valence-electron chi connectivity index (χ2n) is 2.72. The molecule has 0 radical (unpaired) electrons. The molecule has 0 atom stereocenters. The van der Waals surface area contributed by atoms with Crippen LogP contribution >= 0.6 is 0 Å². The molecular formula is C9H18O3. The maximum atomic E-state index is 9.82. The van der Waals surface area contributed by atoms with Crippen LogP contribution in [0.25, 0.3) is 0 Å². The van der Waals surface area contributed by atoms with Gasteiger partial charge in [-0.1, -0.05) is 13.8 Å². The fourth-order valence-electron chi connectivity index (χ4n) is 0.396. The molecule has 3 heteroatoms. The maximum Gasteiger partial charge on any atom is 0.302 e. The molecule has 72 valence electrons. The minimum absolute atomic E-state index is 0.211. The summed E-state index contributed by atoms with van der Waals surface area (Å²) < 4.78 is 4.40. The van der Waals surface area contributed by atoms with E-state index >= 15 is 0 Å². The summed E-state index contributed by atoms with van der Waals surface area (Å²) >= 11 is 0. The van der Waals surface area contributed by atoms with E-state index in [9.17, 15) is 9.59 Å². The average Bonchev–Trinajstić information content (AvgIpc) is 1.87. The lowest BCUT2D eigenvalue weighted by Gasteiger charge is -1.89. The van der Waals surface area contributed by atoms with Crippen LogP contribution in [-0.2, 0) is 14.3 Å². The molecule has 0 rings (SSSR count). The normalized spacial score (nSPS) is 8.42. The Hall–Kier alpha value is -0.860. The number of esters is 1. The molecule has 0 unspecified atom stereocenters. The molecule has 3 nitrogen and oxygen atoms in total. The summed E-state index contributed by atoms with van der Waals surface area (Å²) in [5, 5.41) is 0. The second kappa shape index (κ2) is 10.1. The van der Waals surface area contributed by atoms with Crippen molar-refractivity contribution in [2.45, 2.75) is 34.1 Å². The molecule has 0 aromatic rings. The predicted octanol–water partition coefficient (Wildman–Crippen LogP) is 1.80. The number of rotatable bonds is 3. The highest BCUT2D eigenvalue weighted by Crippen LogP contribution is 1.92. The van der Waals surface area contributed by atoms with Crippen LogP contribution in [0.2, 0.25) is 0 Å². The Labute approximate surface area is 74.1 Å². The van der Waals surface area contributed by atoms with Crippen LogP contribution in [0.15, 0.2) is 0 Å². The molecule has 0 aromatic heterocycles. The third kappa shape index (κ3) is 22.9. The summed E-state index contributed by atoms with van der Waals surface area (Å²) in [5.41, 5.74) is 0. The van der Waals surface area contributed by atoms with Crippen LogP contribution in [0.5, 0.6) is 0 Å². The van der Waals surface area contributed by atoms with Crippen molar-refractivity contribution in [1.29, 1.82) is 0 Å². The van der Waals surface area contributed by atoms with Gasteiger partial charge in [0, 0.05) is 13.3 Å². The molecule has 0 spiro atoms. The number of hydrogen-bond acceptors (Lipinski definition) is 3. The summed E-state index contributed by atoms with van der Waals surface area (Å²) in [6, 6.07) is 0. The topological polar surface area (TPSA) is 43.4 Å². The summed E-state index contributed by atoms with van der Waals surface area (Å²) in [7, 11) is 0. The average molecular weight is 174 g/mol. The van der Waals surface area contributed by atoms with Crippen LogP contribution in [0.4, 0.5) is 0 Å². The largest absolute Gasteiger partial charge is 0.466 e. The van der Waals surface area contributed by atoms with Crippen molar-refractivity contribution in [2.24, 2.45) is 5.92 Å². The Balaban J connectivity index is 0. The van der Waals surface area contributed by atoms with E-state index in [0.717, 1.165) is 6.29 Å². The van der Waals surface area contributed by atoms with E-state index in [1.807, 2.05) is 13.8 Å². The lowest BCUT2D eigenvalue weighted by molar-refractivity contribution is -0.140. The second-order valence-corrected chi connectivity index (χ2v) is 2.72.